The number of alkyl halides is 1. The van der Waals surface area contributed by atoms with Crippen molar-refractivity contribution in [1.29, 1.82) is 0 Å². The van der Waals surface area contributed by atoms with E-state index < -0.39 is 0 Å². The van der Waals surface area contributed by atoms with Crippen LogP contribution in [0.5, 0.6) is 5.75 Å². The van der Waals surface area contributed by atoms with Crippen molar-refractivity contribution in [1.82, 2.24) is 0 Å². The third kappa shape index (κ3) is 3.51. The van der Waals surface area contributed by atoms with Gasteiger partial charge in [-0.15, -0.1) is 0 Å². The molecule has 90 valence electrons. The molecule has 0 aliphatic carbocycles. The second kappa shape index (κ2) is 4.79. The first-order valence-electron chi connectivity index (χ1n) is 5.61. The highest BCUT2D eigenvalue weighted by atomic mass is 79.9. The Kier molecular flexibility index (Phi) is 4.06. The molecule has 0 radical (unpaired) electrons. The molecule has 2 heteroatoms. The maximum Gasteiger partial charge on any atom is 0.123 e. The van der Waals surface area contributed by atoms with E-state index in [0.717, 1.165) is 11.1 Å². The van der Waals surface area contributed by atoms with Crippen LogP contribution in [0.25, 0.3) is 0 Å². The molecule has 1 rings (SSSR count). The molecule has 0 bridgehead atoms. The van der Waals surface area contributed by atoms with E-state index in [-0.39, 0.29) is 11.0 Å². The van der Waals surface area contributed by atoms with Crippen LogP contribution >= 0.6 is 15.9 Å². The first-order chi connectivity index (χ1) is 7.26. The van der Waals surface area contributed by atoms with Crippen LogP contribution in [-0.2, 0) is 5.41 Å². The summed E-state index contributed by atoms with van der Waals surface area (Å²) in [6.07, 6.45) is 0. The zero-order chi connectivity index (χ0) is 12.4. The maximum absolute atomic E-state index is 6.06. The van der Waals surface area contributed by atoms with E-state index in [0.29, 0.717) is 0 Å². The summed E-state index contributed by atoms with van der Waals surface area (Å²) >= 11 is 3.48. The van der Waals surface area contributed by atoms with Gasteiger partial charge in [-0.25, -0.2) is 0 Å². The van der Waals surface area contributed by atoms with Crippen LogP contribution in [0, 0.1) is 0 Å². The fraction of sp³-hybridized carbons (Fsp3) is 0.571. The highest BCUT2D eigenvalue weighted by Gasteiger charge is 2.23. The van der Waals surface area contributed by atoms with E-state index in [1.807, 2.05) is 12.1 Å². The van der Waals surface area contributed by atoms with E-state index in [2.05, 4.69) is 62.7 Å². The molecule has 1 aromatic carbocycles. The second-order valence-corrected chi connectivity index (χ2v) is 6.30. The summed E-state index contributed by atoms with van der Waals surface area (Å²) in [7, 11) is 0. The summed E-state index contributed by atoms with van der Waals surface area (Å²) in [6, 6.07) is 8.27. The quantitative estimate of drug-likeness (QED) is 0.741. The molecule has 0 amide bonds. The Morgan fingerprint density at radius 1 is 1.06 bits per heavy atom. The van der Waals surface area contributed by atoms with Crippen molar-refractivity contribution in [2.45, 2.75) is 45.6 Å². The number of halogens is 1. The monoisotopic (exact) mass is 284 g/mol. The minimum atomic E-state index is -0.179. The van der Waals surface area contributed by atoms with Crippen LogP contribution in [0.3, 0.4) is 0 Å². The van der Waals surface area contributed by atoms with Gasteiger partial charge in [-0.05, 0) is 30.9 Å². The molecule has 0 heterocycles. The molecule has 0 spiro atoms. The number of rotatable bonds is 3. The van der Waals surface area contributed by atoms with Gasteiger partial charge in [0.05, 0.1) is 0 Å². The highest BCUT2D eigenvalue weighted by Crippen LogP contribution is 2.33. The molecule has 0 saturated carbocycles. The van der Waals surface area contributed by atoms with Crippen LogP contribution in [0.2, 0.25) is 0 Å². The molecular weight excluding hydrogens is 264 g/mol. The topological polar surface area (TPSA) is 9.23 Å². The lowest BCUT2D eigenvalue weighted by Crippen LogP contribution is -2.31. The van der Waals surface area contributed by atoms with Gasteiger partial charge >= 0.3 is 0 Å². The molecule has 0 aliphatic rings. The lowest BCUT2D eigenvalue weighted by Gasteiger charge is -2.29. The molecule has 0 unspecified atom stereocenters. The molecule has 16 heavy (non-hydrogen) atoms. The average molecular weight is 285 g/mol. The Balaban J connectivity index is 3.06. The third-order valence-electron chi connectivity index (χ3n) is 2.40. The first kappa shape index (κ1) is 13.6. The third-order valence-corrected chi connectivity index (χ3v) is 3.75. The van der Waals surface area contributed by atoms with Gasteiger partial charge in [0.25, 0.3) is 0 Å². The van der Waals surface area contributed by atoms with Crippen LogP contribution in [0.15, 0.2) is 24.3 Å². The molecule has 1 nitrogen and oxygen atoms in total. The predicted molar refractivity (Wildman–Crippen MR) is 73.6 cm³/mol. The molecular formula is C14H21BrO. The fourth-order valence-corrected chi connectivity index (χ4v) is 1.61. The van der Waals surface area contributed by atoms with Crippen LogP contribution in [0.4, 0.5) is 0 Å². The Morgan fingerprint density at radius 2 is 1.62 bits per heavy atom. The van der Waals surface area contributed by atoms with Crippen LogP contribution in [0.1, 0.15) is 40.2 Å². The van der Waals surface area contributed by atoms with Gasteiger partial charge in [-0.3, -0.25) is 0 Å². The van der Waals surface area contributed by atoms with Crippen molar-refractivity contribution >= 4 is 15.9 Å². The van der Waals surface area contributed by atoms with Crippen molar-refractivity contribution in [3.63, 3.8) is 0 Å². The van der Waals surface area contributed by atoms with E-state index in [1.54, 1.807) is 0 Å². The summed E-state index contributed by atoms with van der Waals surface area (Å²) in [4.78, 5) is 0. The summed E-state index contributed by atoms with van der Waals surface area (Å²) < 4.78 is 6.06. The van der Waals surface area contributed by atoms with E-state index in [9.17, 15) is 0 Å². The number of benzene rings is 1. The molecule has 1 aromatic rings. The standard InChI is InChI=1S/C14H21BrO/c1-13(2,3)11-8-6-7-9-12(11)16-14(4,5)10-15/h6-9H,10H2,1-5H3. The van der Waals surface area contributed by atoms with E-state index >= 15 is 0 Å². The summed E-state index contributed by atoms with van der Waals surface area (Å²) in [5.41, 5.74) is 1.18. The van der Waals surface area contributed by atoms with E-state index in [4.69, 9.17) is 4.74 Å². The van der Waals surface area contributed by atoms with Crippen LogP contribution in [-0.4, -0.2) is 10.9 Å². The van der Waals surface area contributed by atoms with Gasteiger partial charge in [-0.1, -0.05) is 54.9 Å². The van der Waals surface area contributed by atoms with Crippen molar-refractivity contribution in [2.24, 2.45) is 0 Å². The fourth-order valence-electron chi connectivity index (χ4n) is 1.50. The van der Waals surface area contributed by atoms with Gasteiger partial charge < -0.3 is 4.74 Å². The number of hydrogen-bond acceptors (Lipinski definition) is 1. The minimum absolute atomic E-state index is 0.110. The molecule has 0 aliphatic heterocycles. The second-order valence-electron chi connectivity index (χ2n) is 5.74. The lowest BCUT2D eigenvalue weighted by molar-refractivity contribution is 0.134. The van der Waals surface area contributed by atoms with Crippen molar-refractivity contribution in [2.75, 3.05) is 5.33 Å². The Bertz CT molecular complexity index is 350. The number of para-hydroxylation sites is 1. The predicted octanol–water partition coefficient (Wildman–Crippen LogP) is 4.54. The van der Waals surface area contributed by atoms with E-state index in [1.165, 1.54) is 5.56 Å². The Labute approximate surface area is 107 Å². The summed E-state index contributed by atoms with van der Waals surface area (Å²) in [6.45, 7) is 10.8. The Morgan fingerprint density at radius 3 is 2.12 bits per heavy atom. The zero-order valence-corrected chi connectivity index (χ0v) is 12.4. The SMILES string of the molecule is CC(C)(CBr)Oc1ccccc1C(C)(C)C. The lowest BCUT2D eigenvalue weighted by atomic mass is 9.86. The molecule has 0 saturated heterocycles. The largest absolute Gasteiger partial charge is 0.487 e. The normalized spacial score (nSPS) is 12.6. The van der Waals surface area contributed by atoms with Gasteiger partial charge in [0.15, 0.2) is 0 Å². The van der Waals surface area contributed by atoms with Gasteiger partial charge in [-0.2, -0.15) is 0 Å². The highest BCUT2D eigenvalue weighted by molar-refractivity contribution is 9.09. The van der Waals surface area contributed by atoms with Crippen molar-refractivity contribution < 1.29 is 4.74 Å². The zero-order valence-electron chi connectivity index (χ0n) is 10.8. The van der Waals surface area contributed by atoms with Crippen LogP contribution < -0.4 is 4.74 Å². The molecule has 0 atom stereocenters. The summed E-state index contributed by atoms with van der Waals surface area (Å²) in [5.74, 6) is 0.986. The smallest absolute Gasteiger partial charge is 0.123 e. The van der Waals surface area contributed by atoms with Gasteiger partial charge in [0.2, 0.25) is 0 Å². The average Bonchev–Trinajstić information content (AvgIpc) is 2.16. The van der Waals surface area contributed by atoms with Crippen molar-refractivity contribution in [3.05, 3.63) is 29.8 Å². The van der Waals surface area contributed by atoms with Gasteiger partial charge in [0, 0.05) is 5.33 Å². The van der Waals surface area contributed by atoms with Gasteiger partial charge in [0.1, 0.15) is 11.4 Å². The molecule has 0 fully saturated rings. The number of ether oxygens (including phenoxy) is 1. The van der Waals surface area contributed by atoms with Crippen molar-refractivity contribution in [3.8, 4) is 5.75 Å². The summed E-state index contributed by atoms with van der Waals surface area (Å²) in [5, 5.41) is 0.818. The molecule has 0 N–H and O–H groups in total. The Hall–Kier alpha value is -0.500. The first-order valence-corrected chi connectivity index (χ1v) is 6.73. The maximum atomic E-state index is 6.06. The molecule has 0 aromatic heterocycles. The minimum Gasteiger partial charge on any atom is -0.487 e. The number of hydrogen-bond donors (Lipinski definition) is 0.